The molecule has 0 radical (unpaired) electrons. The second-order valence-corrected chi connectivity index (χ2v) is 3.88. The van der Waals surface area contributed by atoms with E-state index in [1.54, 1.807) is 12.1 Å². The van der Waals surface area contributed by atoms with Crippen molar-refractivity contribution in [1.29, 1.82) is 0 Å². The number of aliphatic carboxylic acids is 1. The molecule has 1 saturated heterocycles. The molecular formula is C11H11NO5. The molecule has 1 N–H and O–H groups in total. The van der Waals surface area contributed by atoms with E-state index in [1.807, 2.05) is 0 Å². The maximum Gasteiger partial charge on any atom is 0.333 e. The van der Waals surface area contributed by atoms with Crippen LogP contribution in [0, 0.1) is 10.1 Å². The normalized spacial score (nSPS) is 23.5. The zero-order valence-corrected chi connectivity index (χ0v) is 8.91. The maximum atomic E-state index is 10.9. The van der Waals surface area contributed by atoms with Crippen LogP contribution in [0.3, 0.4) is 0 Å². The van der Waals surface area contributed by atoms with E-state index >= 15 is 0 Å². The Morgan fingerprint density at radius 2 is 2.29 bits per heavy atom. The number of non-ortho nitro benzene ring substituents is 1. The third-order valence-corrected chi connectivity index (χ3v) is 2.84. The van der Waals surface area contributed by atoms with Crippen LogP contribution in [0.2, 0.25) is 0 Å². The zero-order chi connectivity index (χ0) is 12.4. The smallest absolute Gasteiger partial charge is 0.333 e. The van der Waals surface area contributed by atoms with Gasteiger partial charge in [-0.25, -0.2) is 4.79 Å². The summed E-state index contributed by atoms with van der Waals surface area (Å²) in [5, 5.41) is 19.6. The molecule has 0 unspecified atom stereocenters. The van der Waals surface area contributed by atoms with Crippen molar-refractivity contribution in [3.63, 3.8) is 0 Å². The summed E-state index contributed by atoms with van der Waals surface area (Å²) in [7, 11) is 0. The van der Waals surface area contributed by atoms with Gasteiger partial charge >= 0.3 is 5.97 Å². The molecule has 1 aliphatic rings. The van der Waals surface area contributed by atoms with Gasteiger partial charge in [-0.2, -0.15) is 0 Å². The highest BCUT2D eigenvalue weighted by Gasteiger charge is 2.35. The van der Waals surface area contributed by atoms with Gasteiger partial charge in [0, 0.05) is 24.7 Å². The minimum atomic E-state index is -1.03. The number of nitro benzene ring substituents is 1. The number of carboxylic acid groups (broad SMARTS) is 1. The quantitative estimate of drug-likeness (QED) is 0.636. The zero-order valence-electron chi connectivity index (χ0n) is 8.91. The summed E-state index contributed by atoms with van der Waals surface area (Å²) >= 11 is 0. The summed E-state index contributed by atoms with van der Waals surface area (Å²) in [4.78, 5) is 21.1. The number of nitro groups is 1. The summed E-state index contributed by atoms with van der Waals surface area (Å²) in [6.07, 6.45) is -0.338. The Hall–Kier alpha value is -1.95. The predicted octanol–water partition coefficient (Wildman–Crippen LogP) is 1.55. The molecular weight excluding hydrogens is 226 g/mol. The summed E-state index contributed by atoms with van der Waals surface area (Å²) < 4.78 is 5.11. The largest absolute Gasteiger partial charge is 0.479 e. The Balaban J connectivity index is 2.30. The first kappa shape index (κ1) is 11.5. The number of hydrogen-bond acceptors (Lipinski definition) is 4. The second-order valence-electron chi connectivity index (χ2n) is 3.88. The Bertz CT molecular complexity index is 459. The molecule has 0 bridgehead atoms. The first-order valence-corrected chi connectivity index (χ1v) is 5.18. The van der Waals surface area contributed by atoms with Gasteiger partial charge in [0.15, 0.2) is 6.10 Å². The predicted molar refractivity (Wildman–Crippen MR) is 57.8 cm³/mol. The van der Waals surface area contributed by atoms with E-state index in [2.05, 4.69) is 0 Å². The van der Waals surface area contributed by atoms with E-state index in [4.69, 9.17) is 9.84 Å². The van der Waals surface area contributed by atoms with Crippen molar-refractivity contribution < 1.29 is 19.6 Å². The highest BCUT2D eigenvalue weighted by molar-refractivity contribution is 5.74. The van der Waals surface area contributed by atoms with E-state index < -0.39 is 17.0 Å². The van der Waals surface area contributed by atoms with Crippen LogP contribution in [0.25, 0.3) is 0 Å². The molecule has 1 fully saturated rings. The van der Waals surface area contributed by atoms with Crippen LogP contribution in [0.5, 0.6) is 0 Å². The van der Waals surface area contributed by atoms with Gasteiger partial charge < -0.3 is 9.84 Å². The topological polar surface area (TPSA) is 89.7 Å². The Morgan fingerprint density at radius 3 is 2.94 bits per heavy atom. The lowest BCUT2D eigenvalue weighted by molar-refractivity contribution is -0.384. The standard InChI is InChI=1S/C11H11NO5/c13-11(14)10-9(4-5-17-10)7-2-1-3-8(6-7)12(15)16/h1-3,6,9-10H,4-5H2,(H,13,14)/t9-,10+/m1/s1. The number of rotatable bonds is 3. The number of benzene rings is 1. The Labute approximate surface area is 97.0 Å². The van der Waals surface area contributed by atoms with E-state index in [1.165, 1.54) is 12.1 Å². The number of carbonyl (C=O) groups is 1. The molecule has 1 heterocycles. The van der Waals surface area contributed by atoms with Crippen LogP contribution in [-0.2, 0) is 9.53 Å². The number of carboxylic acids is 1. The van der Waals surface area contributed by atoms with Gasteiger partial charge in [-0.05, 0) is 12.0 Å². The summed E-state index contributed by atoms with van der Waals surface area (Å²) in [5.74, 6) is -1.34. The summed E-state index contributed by atoms with van der Waals surface area (Å²) in [5.41, 5.74) is 0.614. The molecule has 0 aromatic heterocycles. The van der Waals surface area contributed by atoms with Crippen LogP contribution < -0.4 is 0 Å². The molecule has 0 aliphatic carbocycles. The van der Waals surface area contributed by atoms with Gasteiger partial charge in [0.25, 0.3) is 5.69 Å². The molecule has 1 aromatic rings. The van der Waals surface area contributed by atoms with Crippen molar-refractivity contribution in [2.45, 2.75) is 18.4 Å². The number of nitrogens with zero attached hydrogens (tertiary/aromatic N) is 1. The Morgan fingerprint density at radius 1 is 1.53 bits per heavy atom. The molecule has 2 rings (SSSR count). The lowest BCUT2D eigenvalue weighted by atomic mass is 9.92. The molecule has 6 heteroatoms. The molecule has 1 aliphatic heterocycles. The van der Waals surface area contributed by atoms with Crippen LogP contribution in [0.15, 0.2) is 24.3 Å². The first-order chi connectivity index (χ1) is 8.09. The fraction of sp³-hybridized carbons (Fsp3) is 0.364. The highest BCUT2D eigenvalue weighted by atomic mass is 16.6. The molecule has 0 saturated carbocycles. The van der Waals surface area contributed by atoms with Crippen LogP contribution >= 0.6 is 0 Å². The van der Waals surface area contributed by atoms with Gasteiger partial charge in [0.2, 0.25) is 0 Å². The molecule has 0 spiro atoms. The van der Waals surface area contributed by atoms with Crippen molar-refractivity contribution in [1.82, 2.24) is 0 Å². The second kappa shape index (κ2) is 4.50. The molecule has 2 atom stereocenters. The average Bonchev–Trinajstić information content (AvgIpc) is 2.78. The van der Waals surface area contributed by atoms with Gasteiger partial charge in [-0.1, -0.05) is 12.1 Å². The molecule has 90 valence electrons. The first-order valence-electron chi connectivity index (χ1n) is 5.18. The minimum Gasteiger partial charge on any atom is -0.479 e. The fourth-order valence-electron chi connectivity index (χ4n) is 2.04. The Kier molecular flexibility index (Phi) is 3.06. The average molecular weight is 237 g/mol. The molecule has 17 heavy (non-hydrogen) atoms. The van der Waals surface area contributed by atoms with Gasteiger partial charge in [-0.15, -0.1) is 0 Å². The van der Waals surface area contributed by atoms with E-state index in [0.29, 0.717) is 18.6 Å². The van der Waals surface area contributed by atoms with Crippen molar-refractivity contribution >= 4 is 11.7 Å². The van der Waals surface area contributed by atoms with Crippen molar-refractivity contribution in [3.8, 4) is 0 Å². The van der Waals surface area contributed by atoms with E-state index in [0.717, 1.165) is 0 Å². The SMILES string of the molecule is O=C(O)[C@H]1OCC[C@@H]1c1cccc([N+](=O)[O-])c1. The third kappa shape index (κ3) is 2.26. The lowest BCUT2D eigenvalue weighted by Gasteiger charge is -2.14. The highest BCUT2D eigenvalue weighted by Crippen LogP contribution is 2.32. The number of hydrogen-bond donors (Lipinski definition) is 1. The molecule has 6 nitrogen and oxygen atoms in total. The van der Waals surface area contributed by atoms with Crippen molar-refractivity contribution in [2.24, 2.45) is 0 Å². The van der Waals surface area contributed by atoms with Gasteiger partial charge in [0.05, 0.1) is 4.92 Å². The van der Waals surface area contributed by atoms with E-state index in [-0.39, 0.29) is 11.6 Å². The number of ether oxygens (including phenoxy) is 1. The third-order valence-electron chi connectivity index (χ3n) is 2.84. The van der Waals surface area contributed by atoms with E-state index in [9.17, 15) is 14.9 Å². The van der Waals surface area contributed by atoms with Crippen molar-refractivity contribution in [2.75, 3.05) is 6.61 Å². The minimum absolute atomic E-state index is 0.0291. The van der Waals surface area contributed by atoms with Crippen LogP contribution in [-0.4, -0.2) is 28.7 Å². The fourth-order valence-corrected chi connectivity index (χ4v) is 2.04. The molecule has 0 amide bonds. The maximum absolute atomic E-state index is 10.9. The lowest BCUT2D eigenvalue weighted by Crippen LogP contribution is -2.24. The monoisotopic (exact) mass is 237 g/mol. The summed E-state index contributed by atoms with van der Waals surface area (Å²) in [6, 6.07) is 6.05. The van der Waals surface area contributed by atoms with Gasteiger partial charge in [0.1, 0.15) is 0 Å². The van der Waals surface area contributed by atoms with Gasteiger partial charge in [-0.3, -0.25) is 10.1 Å². The summed E-state index contributed by atoms with van der Waals surface area (Å²) in [6.45, 7) is 0.365. The van der Waals surface area contributed by atoms with Crippen LogP contribution in [0.4, 0.5) is 5.69 Å². The van der Waals surface area contributed by atoms with Crippen LogP contribution in [0.1, 0.15) is 17.9 Å². The van der Waals surface area contributed by atoms with Crippen molar-refractivity contribution in [3.05, 3.63) is 39.9 Å². The molecule has 1 aromatic carbocycles.